The zero-order valence-electron chi connectivity index (χ0n) is 14.7. The Hall–Kier alpha value is -0.870. The highest BCUT2D eigenvalue weighted by molar-refractivity contribution is 7.90. The molecule has 1 rings (SSSR count). The molecule has 0 amide bonds. The van der Waals surface area contributed by atoms with Gasteiger partial charge in [0.1, 0.15) is 9.84 Å². The maximum atomic E-state index is 11.9. The predicted molar refractivity (Wildman–Crippen MR) is 97.4 cm³/mol. The lowest BCUT2D eigenvalue weighted by atomic mass is 9.86. The van der Waals surface area contributed by atoms with E-state index in [1.54, 1.807) is 7.05 Å². The van der Waals surface area contributed by atoms with Gasteiger partial charge in [-0.2, -0.15) is 0 Å². The minimum Gasteiger partial charge on any atom is -0.355 e. The van der Waals surface area contributed by atoms with E-state index >= 15 is 0 Å². The molecule has 0 aromatic carbocycles. The van der Waals surface area contributed by atoms with Crippen molar-refractivity contribution in [3.8, 4) is 0 Å². The van der Waals surface area contributed by atoms with Crippen molar-refractivity contribution < 1.29 is 16.8 Å². The molecule has 1 aliphatic rings. The molecule has 1 unspecified atom stereocenters. The maximum absolute atomic E-state index is 11.9. The van der Waals surface area contributed by atoms with Crippen molar-refractivity contribution in [3.05, 3.63) is 0 Å². The van der Waals surface area contributed by atoms with Crippen LogP contribution in [0.4, 0.5) is 0 Å². The van der Waals surface area contributed by atoms with Gasteiger partial charge in [0.2, 0.25) is 10.0 Å². The number of nitrogens with one attached hydrogen (secondary N) is 3. The maximum Gasteiger partial charge on any atom is 0.213 e. The molecular weight excluding hydrogens is 352 g/mol. The molecule has 0 aromatic heterocycles. The minimum atomic E-state index is -3.29. The molecular formula is C14H30N4O4S2. The molecule has 0 spiro atoms. The molecule has 1 aliphatic carbocycles. The standard InChI is InChI=1S/C14H30N4O4S2/c1-12(7-9-23(3,19)20)18-14(15-2)16-8-10-24(21,22)17-11-13-5-4-6-13/h12-13,17H,4-11H2,1-3H3,(H2,15,16,18). The summed E-state index contributed by atoms with van der Waals surface area (Å²) in [6.07, 6.45) is 5.05. The summed E-state index contributed by atoms with van der Waals surface area (Å²) in [5.74, 6) is 1.01. The van der Waals surface area contributed by atoms with E-state index in [-0.39, 0.29) is 24.1 Å². The molecule has 0 radical (unpaired) electrons. The number of sulfone groups is 1. The van der Waals surface area contributed by atoms with Crippen LogP contribution in [0.25, 0.3) is 0 Å². The second-order valence-corrected chi connectivity index (χ2v) is 10.6. The van der Waals surface area contributed by atoms with Crippen molar-refractivity contribution in [2.75, 3.05) is 37.9 Å². The average Bonchev–Trinajstić information content (AvgIpc) is 2.41. The highest BCUT2D eigenvalue weighted by Gasteiger charge is 2.20. The summed E-state index contributed by atoms with van der Waals surface area (Å²) in [5, 5.41) is 5.99. The quantitative estimate of drug-likeness (QED) is 0.353. The zero-order chi connectivity index (χ0) is 18.2. The molecule has 0 aliphatic heterocycles. The average molecular weight is 383 g/mol. The molecule has 0 saturated heterocycles. The molecule has 8 nitrogen and oxygen atoms in total. The van der Waals surface area contributed by atoms with Crippen molar-refractivity contribution >= 4 is 25.8 Å². The first-order valence-corrected chi connectivity index (χ1v) is 11.9. The highest BCUT2D eigenvalue weighted by Crippen LogP contribution is 2.25. The Labute approximate surface area is 145 Å². The normalized spacial score (nSPS) is 18.0. The van der Waals surface area contributed by atoms with E-state index in [1.165, 1.54) is 12.7 Å². The van der Waals surface area contributed by atoms with Crippen LogP contribution in [0.3, 0.4) is 0 Å². The Bertz CT molecular complexity index is 613. The van der Waals surface area contributed by atoms with E-state index in [4.69, 9.17) is 0 Å². The summed E-state index contributed by atoms with van der Waals surface area (Å²) in [5.41, 5.74) is 0. The lowest BCUT2D eigenvalue weighted by Gasteiger charge is -2.25. The molecule has 10 heteroatoms. The van der Waals surface area contributed by atoms with E-state index in [0.717, 1.165) is 12.8 Å². The molecule has 1 saturated carbocycles. The van der Waals surface area contributed by atoms with Crippen LogP contribution in [0, 0.1) is 5.92 Å². The van der Waals surface area contributed by atoms with Crippen LogP contribution < -0.4 is 15.4 Å². The number of guanidine groups is 1. The number of nitrogens with zero attached hydrogens (tertiary/aromatic N) is 1. The fraction of sp³-hybridized carbons (Fsp3) is 0.929. The Morgan fingerprint density at radius 3 is 2.38 bits per heavy atom. The second kappa shape index (κ2) is 9.57. The smallest absolute Gasteiger partial charge is 0.213 e. The first-order chi connectivity index (χ1) is 11.1. The molecule has 1 fully saturated rings. The Morgan fingerprint density at radius 2 is 1.88 bits per heavy atom. The minimum absolute atomic E-state index is 0.0296. The summed E-state index contributed by atoms with van der Waals surface area (Å²) >= 11 is 0. The van der Waals surface area contributed by atoms with Gasteiger partial charge in [0.25, 0.3) is 0 Å². The molecule has 3 N–H and O–H groups in total. The van der Waals surface area contributed by atoms with E-state index in [2.05, 4.69) is 20.3 Å². The fourth-order valence-electron chi connectivity index (χ4n) is 2.21. The van der Waals surface area contributed by atoms with Gasteiger partial charge in [-0.25, -0.2) is 21.6 Å². The van der Waals surface area contributed by atoms with Gasteiger partial charge in [0.15, 0.2) is 5.96 Å². The summed E-state index contributed by atoms with van der Waals surface area (Å²) in [4.78, 5) is 4.02. The van der Waals surface area contributed by atoms with E-state index in [9.17, 15) is 16.8 Å². The molecule has 0 heterocycles. The zero-order valence-corrected chi connectivity index (χ0v) is 16.3. The van der Waals surface area contributed by atoms with E-state index in [0.29, 0.717) is 24.8 Å². The van der Waals surface area contributed by atoms with Crippen LogP contribution in [0.15, 0.2) is 4.99 Å². The fourth-order valence-corrected chi connectivity index (χ4v) is 4.00. The summed E-state index contributed by atoms with van der Waals surface area (Å²) in [7, 11) is -4.70. The first kappa shape index (κ1) is 21.2. The Morgan fingerprint density at radius 1 is 1.21 bits per heavy atom. The van der Waals surface area contributed by atoms with E-state index in [1.807, 2.05) is 6.92 Å². The van der Waals surface area contributed by atoms with Crippen molar-refractivity contribution in [2.45, 2.75) is 38.6 Å². The van der Waals surface area contributed by atoms with Gasteiger partial charge in [0.05, 0.1) is 11.5 Å². The highest BCUT2D eigenvalue weighted by atomic mass is 32.2. The topological polar surface area (TPSA) is 117 Å². The SMILES string of the molecule is CN=C(NCCS(=O)(=O)NCC1CCC1)NC(C)CCS(C)(=O)=O. The lowest BCUT2D eigenvalue weighted by Crippen LogP contribution is -2.45. The molecule has 142 valence electrons. The van der Waals surface area contributed by atoms with Crippen LogP contribution in [-0.2, 0) is 19.9 Å². The summed E-state index contributed by atoms with van der Waals surface area (Å²) in [6, 6.07) is -0.0840. The van der Waals surface area contributed by atoms with Gasteiger partial charge in [0, 0.05) is 32.4 Å². The number of rotatable bonds is 10. The lowest BCUT2D eigenvalue weighted by molar-refractivity contribution is 0.316. The predicted octanol–water partition coefficient (Wildman–Crippen LogP) is -0.306. The number of sulfonamides is 1. The van der Waals surface area contributed by atoms with Crippen LogP contribution in [0.1, 0.15) is 32.6 Å². The van der Waals surface area contributed by atoms with Crippen molar-refractivity contribution in [2.24, 2.45) is 10.9 Å². The first-order valence-electron chi connectivity index (χ1n) is 8.23. The van der Waals surface area contributed by atoms with Crippen LogP contribution in [0.2, 0.25) is 0 Å². The van der Waals surface area contributed by atoms with Crippen LogP contribution >= 0.6 is 0 Å². The largest absolute Gasteiger partial charge is 0.355 e. The van der Waals surface area contributed by atoms with Gasteiger partial charge in [-0.1, -0.05) is 6.42 Å². The van der Waals surface area contributed by atoms with E-state index < -0.39 is 19.9 Å². The number of hydrogen-bond donors (Lipinski definition) is 3. The van der Waals surface area contributed by atoms with Crippen LogP contribution in [-0.4, -0.2) is 66.7 Å². The van der Waals surface area contributed by atoms with Gasteiger partial charge >= 0.3 is 0 Å². The van der Waals surface area contributed by atoms with Gasteiger partial charge < -0.3 is 10.6 Å². The Balaban J connectivity index is 2.27. The molecule has 0 aromatic rings. The van der Waals surface area contributed by atoms with Gasteiger partial charge in [-0.15, -0.1) is 0 Å². The van der Waals surface area contributed by atoms with Crippen molar-refractivity contribution in [1.82, 2.24) is 15.4 Å². The van der Waals surface area contributed by atoms with Gasteiger partial charge in [-0.05, 0) is 32.1 Å². The monoisotopic (exact) mass is 382 g/mol. The van der Waals surface area contributed by atoms with Crippen LogP contribution in [0.5, 0.6) is 0 Å². The third-order valence-corrected chi connectivity index (χ3v) is 6.33. The summed E-state index contributed by atoms with van der Waals surface area (Å²) < 4.78 is 48.8. The second-order valence-electron chi connectivity index (χ2n) is 6.43. The van der Waals surface area contributed by atoms with Gasteiger partial charge in [-0.3, -0.25) is 4.99 Å². The summed E-state index contributed by atoms with van der Waals surface area (Å²) in [6.45, 7) is 2.62. The van der Waals surface area contributed by atoms with Crippen molar-refractivity contribution in [3.63, 3.8) is 0 Å². The molecule has 0 bridgehead atoms. The molecule has 1 atom stereocenters. The third kappa shape index (κ3) is 9.43. The third-order valence-electron chi connectivity index (χ3n) is 4.01. The molecule has 24 heavy (non-hydrogen) atoms. The Kier molecular flexibility index (Phi) is 8.44. The number of hydrogen-bond acceptors (Lipinski definition) is 5. The van der Waals surface area contributed by atoms with Crippen molar-refractivity contribution in [1.29, 1.82) is 0 Å². The number of aliphatic imine (C=N–C) groups is 1.